The largest absolute Gasteiger partial charge is 0.352 e. The van der Waals surface area contributed by atoms with E-state index in [1.807, 2.05) is 0 Å². The predicted octanol–water partition coefficient (Wildman–Crippen LogP) is 0.0688. The van der Waals surface area contributed by atoms with Gasteiger partial charge in [-0.05, 0) is 19.3 Å². The average molecular weight is 211 g/mol. The van der Waals surface area contributed by atoms with Crippen LogP contribution in [-0.4, -0.2) is 42.0 Å². The molecule has 0 spiro atoms. The summed E-state index contributed by atoms with van der Waals surface area (Å²) in [5.74, 6) is -0.0237. The maximum Gasteiger partial charge on any atom is 0.317 e. The van der Waals surface area contributed by atoms with Gasteiger partial charge in [-0.25, -0.2) is 4.79 Å². The molecule has 5 heteroatoms. The molecule has 5 nitrogen and oxygen atoms in total. The second-order valence-electron chi connectivity index (χ2n) is 4.36. The Kier molecular flexibility index (Phi) is 2.79. The lowest BCUT2D eigenvalue weighted by molar-refractivity contribution is -0.119. The minimum Gasteiger partial charge on any atom is -0.352 e. The number of rotatable bonds is 2. The molecule has 1 saturated heterocycles. The first-order valence-electron chi connectivity index (χ1n) is 5.47. The minimum absolute atomic E-state index is 0.0188. The van der Waals surface area contributed by atoms with E-state index in [-0.39, 0.29) is 18.0 Å². The number of carbonyl (C=O) groups is 2. The molecule has 1 aliphatic heterocycles. The normalized spacial score (nSPS) is 25.1. The summed E-state index contributed by atoms with van der Waals surface area (Å²) in [4.78, 5) is 24.2. The predicted molar refractivity (Wildman–Crippen MR) is 55.3 cm³/mol. The maximum atomic E-state index is 11.6. The number of hydrogen-bond donors (Lipinski definition) is 2. The monoisotopic (exact) mass is 211 g/mol. The topological polar surface area (TPSA) is 61.4 Å². The molecule has 3 amide bonds. The van der Waals surface area contributed by atoms with Gasteiger partial charge in [0.25, 0.3) is 0 Å². The molecule has 1 aliphatic carbocycles. The van der Waals surface area contributed by atoms with Crippen molar-refractivity contribution < 1.29 is 9.59 Å². The van der Waals surface area contributed by atoms with Crippen molar-refractivity contribution in [1.82, 2.24) is 15.5 Å². The lowest BCUT2D eigenvalue weighted by atomic mass is 10.3. The first-order valence-corrected chi connectivity index (χ1v) is 5.47. The van der Waals surface area contributed by atoms with Crippen molar-refractivity contribution in [2.45, 2.75) is 38.3 Å². The van der Waals surface area contributed by atoms with Crippen LogP contribution in [0.25, 0.3) is 0 Å². The van der Waals surface area contributed by atoms with E-state index < -0.39 is 0 Å². The highest BCUT2D eigenvalue weighted by Crippen LogP contribution is 2.19. The van der Waals surface area contributed by atoms with Crippen LogP contribution >= 0.6 is 0 Å². The van der Waals surface area contributed by atoms with Crippen molar-refractivity contribution in [1.29, 1.82) is 0 Å². The molecule has 0 aromatic heterocycles. The zero-order chi connectivity index (χ0) is 10.8. The number of hydrogen-bond acceptors (Lipinski definition) is 2. The highest BCUT2D eigenvalue weighted by Gasteiger charge is 2.30. The number of likely N-dealkylation sites (tertiary alicyclic amines) is 1. The van der Waals surface area contributed by atoms with Gasteiger partial charge in [-0.2, -0.15) is 0 Å². The fourth-order valence-electron chi connectivity index (χ4n) is 1.84. The SMILES string of the molecule is CC(=O)NC1CCN(C(=O)NC2CC2)C1. The Labute approximate surface area is 89.2 Å². The maximum absolute atomic E-state index is 11.6. The number of carbonyl (C=O) groups excluding carboxylic acids is 2. The number of nitrogens with one attached hydrogen (secondary N) is 2. The summed E-state index contributed by atoms with van der Waals surface area (Å²) in [6, 6.07) is 0.551. The van der Waals surface area contributed by atoms with Crippen LogP contribution < -0.4 is 10.6 Å². The fourth-order valence-corrected chi connectivity index (χ4v) is 1.84. The van der Waals surface area contributed by atoms with Crippen LogP contribution in [0, 0.1) is 0 Å². The molecule has 2 aliphatic rings. The van der Waals surface area contributed by atoms with Gasteiger partial charge in [-0.1, -0.05) is 0 Å². The van der Waals surface area contributed by atoms with Gasteiger partial charge in [0.15, 0.2) is 0 Å². The van der Waals surface area contributed by atoms with Crippen molar-refractivity contribution in [3.05, 3.63) is 0 Å². The highest BCUT2D eigenvalue weighted by atomic mass is 16.2. The van der Waals surface area contributed by atoms with Crippen LogP contribution in [0.4, 0.5) is 4.79 Å². The van der Waals surface area contributed by atoms with E-state index in [1.54, 1.807) is 4.90 Å². The zero-order valence-electron chi connectivity index (χ0n) is 8.95. The summed E-state index contributed by atoms with van der Waals surface area (Å²) in [6.07, 6.45) is 3.07. The summed E-state index contributed by atoms with van der Waals surface area (Å²) in [7, 11) is 0. The third-order valence-electron chi connectivity index (χ3n) is 2.79. The average Bonchev–Trinajstić information content (AvgIpc) is 2.83. The molecule has 1 heterocycles. The van der Waals surface area contributed by atoms with Gasteiger partial charge < -0.3 is 15.5 Å². The molecule has 0 bridgehead atoms. The Balaban J connectivity index is 1.75. The molecule has 1 unspecified atom stereocenters. The molecular weight excluding hydrogens is 194 g/mol. The van der Waals surface area contributed by atoms with Crippen LogP contribution in [0.3, 0.4) is 0 Å². The van der Waals surface area contributed by atoms with Crippen LogP contribution in [0.15, 0.2) is 0 Å². The molecular formula is C10H17N3O2. The van der Waals surface area contributed by atoms with E-state index in [2.05, 4.69) is 10.6 Å². The third kappa shape index (κ3) is 2.84. The fraction of sp³-hybridized carbons (Fsp3) is 0.800. The van der Waals surface area contributed by atoms with Gasteiger partial charge in [-0.15, -0.1) is 0 Å². The van der Waals surface area contributed by atoms with Gasteiger partial charge in [0.1, 0.15) is 0 Å². The Hall–Kier alpha value is -1.26. The van der Waals surface area contributed by atoms with Crippen LogP contribution in [0.5, 0.6) is 0 Å². The zero-order valence-corrected chi connectivity index (χ0v) is 8.95. The van der Waals surface area contributed by atoms with E-state index in [9.17, 15) is 9.59 Å². The lowest BCUT2D eigenvalue weighted by Crippen LogP contribution is -2.42. The molecule has 2 N–H and O–H groups in total. The Bertz CT molecular complexity index is 276. The lowest BCUT2D eigenvalue weighted by Gasteiger charge is -2.17. The van der Waals surface area contributed by atoms with Gasteiger partial charge in [0.05, 0.1) is 0 Å². The first-order chi connectivity index (χ1) is 7.15. The highest BCUT2D eigenvalue weighted by molar-refractivity contribution is 5.76. The van der Waals surface area contributed by atoms with Gasteiger partial charge in [0.2, 0.25) is 5.91 Å². The Morgan fingerprint density at radius 2 is 1.87 bits per heavy atom. The van der Waals surface area contributed by atoms with E-state index in [4.69, 9.17) is 0 Å². The summed E-state index contributed by atoms with van der Waals surface area (Å²) in [5.41, 5.74) is 0. The standard InChI is InChI=1S/C10H17N3O2/c1-7(14)11-9-4-5-13(6-9)10(15)12-8-2-3-8/h8-9H,2-6H2,1H3,(H,11,14)(H,12,15). The molecule has 2 fully saturated rings. The van der Waals surface area contributed by atoms with E-state index in [0.717, 1.165) is 25.8 Å². The van der Waals surface area contributed by atoms with Crippen LogP contribution in [0.1, 0.15) is 26.2 Å². The van der Waals surface area contributed by atoms with Gasteiger partial charge in [0, 0.05) is 32.1 Å². The van der Waals surface area contributed by atoms with Gasteiger partial charge in [-0.3, -0.25) is 4.79 Å². The van der Waals surface area contributed by atoms with Crippen molar-refractivity contribution in [3.8, 4) is 0 Å². The Morgan fingerprint density at radius 3 is 2.47 bits per heavy atom. The Morgan fingerprint density at radius 1 is 1.13 bits per heavy atom. The number of urea groups is 1. The van der Waals surface area contributed by atoms with Crippen molar-refractivity contribution in [2.24, 2.45) is 0 Å². The molecule has 1 saturated carbocycles. The third-order valence-corrected chi connectivity index (χ3v) is 2.79. The molecule has 84 valence electrons. The molecule has 2 rings (SSSR count). The van der Waals surface area contributed by atoms with Crippen LogP contribution in [-0.2, 0) is 4.79 Å². The van der Waals surface area contributed by atoms with Crippen LogP contribution in [0.2, 0.25) is 0 Å². The second kappa shape index (κ2) is 4.08. The van der Waals surface area contributed by atoms with Crippen molar-refractivity contribution >= 4 is 11.9 Å². The minimum atomic E-state index is -0.0237. The molecule has 1 atom stereocenters. The smallest absolute Gasteiger partial charge is 0.317 e. The van der Waals surface area contributed by atoms with Gasteiger partial charge >= 0.3 is 6.03 Å². The molecule has 0 radical (unpaired) electrons. The number of amides is 3. The second-order valence-corrected chi connectivity index (χ2v) is 4.36. The molecule has 0 aromatic carbocycles. The van der Waals surface area contributed by atoms with Crippen molar-refractivity contribution in [3.63, 3.8) is 0 Å². The summed E-state index contributed by atoms with van der Waals surface area (Å²) < 4.78 is 0. The van der Waals surface area contributed by atoms with E-state index in [1.165, 1.54) is 6.92 Å². The quantitative estimate of drug-likeness (QED) is 0.679. The summed E-state index contributed by atoms with van der Waals surface area (Å²) >= 11 is 0. The summed E-state index contributed by atoms with van der Waals surface area (Å²) in [6.45, 7) is 2.88. The summed E-state index contributed by atoms with van der Waals surface area (Å²) in [5, 5.41) is 5.78. The number of nitrogens with zero attached hydrogens (tertiary/aromatic N) is 1. The van der Waals surface area contributed by atoms with E-state index >= 15 is 0 Å². The molecule has 0 aromatic rings. The first kappa shape index (κ1) is 10.3. The van der Waals surface area contributed by atoms with E-state index in [0.29, 0.717) is 12.6 Å². The molecule has 15 heavy (non-hydrogen) atoms. The van der Waals surface area contributed by atoms with Crippen molar-refractivity contribution in [2.75, 3.05) is 13.1 Å².